The van der Waals surface area contributed by atoms with E-state index in [0.29, 0.717) is 10.2 Å². The molecule has 0 aromatic carbocycles. The molecule has 1 saturated heterocycles. The minimum absolute atomic E-state index is 0.0383. The van der Waals surface area contributed by atoms with E-state index < -0.39 is 9.84 Å². The molecule has 1 amide bonds. The van der Waals surface area contributed by atoms with Crippen LogP contribution in [0.2, 0.25) is 0 Å². The second-order valence-electron chi connectivity index (χ2n) is 3.79. The van der Waals surface area contributed by atoms with Crippen molar-refractivity contribution in [2.75, 3.05) is 24.6 Å². The van der Waals surface area contributed by atoms with E-state index in [4.69, 9.17) is 0 Å². The topological polar surface area (TPSA) is 67.3 Å². The smallest absolute Gasteiger partial charge is 0.256 e. The summed E-state index contributed by atoms with van der Waals surface area (Å²) in [7, 11) is -2.96. The molecule has 5 nitrogen and oxygen atoms in total. The Morgan fingerprint density at radius 3 is 2.59 bits per heavy atom. The lowest BCUT2D eigenvalue weighted by Gasteiger charge is -2.26. The molecule has 0 radical (unpaired) electrons. The summed E-state index contributed by atoms with van der Waals surface area (Å²) in [5, 5.41) is 0. The molecule has 1 fully saturated rings. The Morgan fingerprint density at radius 1 is 1.35 bits per heavy atom. The van der Waals surface area contributed by atoms with Crippen LogP contribution in [0.1, 0.15) is 10.4 Å². The molecule has 2 rings (SSSR count). The van der Waals surface area contributed by atoms with Crippen LogP contribution in [-0.2, 0) is 9.84 Å². The zero-order valence-corrected chi connectivity index (χ0v) is 11.4. The fourth-order valence-corrected chi connectivity index (χ4v) is 3.25. The van der Waals surface area contributed by atoms with Gasteiger partial charge < -0.3 is 4.90 Å². The Bertz CT molecular complexity index is 530. The molecule has 0 unspecified atom stereocenters. The first kappa shape index (κ1) is 12.5. The molecular formula is C10H11BrN2O3S. The van der Waals surface area contributed by atoms with Crippen LogP contribution in [0.15, 0.2) is 22.9 Å². The summed E-state index contributed by atoms with van der Waals surface area (Å²) in [5.74, 6) is -0.104. The maximum Gasteiger partial charge on any atom is 0.256 e. The van der Waals surface area contributed by atoms with Crippen LogP contribution in [0.3, 0.4) is 0 Å². The van der Waals surface area contributed by atoms with Crippen LogP contribution in [0.4, 0.5) is 0 Å². The van der Waals surface area contributed by atoms with Crippen LogP contribution >= 0.6 is 15.9 Å². The van der Waals surface area contributed by atoms with Crippen LogP contribution in [0, 0.1) is 0 Å². The van der Waals surface area contributed by atoms with E-state index in [9.17, 15) is 13.2 Å². The molecule has 0 spiro atoms. The van der Waals surface area contributed by atoms with Crippen LogP contribution in [0.5, 0.6) is 0 Å². The number of carbonyl (C=O) groups is 1. The SMILES string of the molecule is O=C(c1cccnc1Br)N1CCS(=O)(=O)CC1. The minimum Gasteiger partial charge on any atom is -0.337 e. The summed E-state index contributed by atoms with van der Waals surface area (Å²) < 4.78 is 23.0. The van der Waals surface area contributed by atoms with E-state index in [1.165, 1.54) is 0 Å². The number of carbonyl (C=O) groups excluding carboxylic acids is 1. The number of hydrogen-bond donors (Lipinski definition) is 0. The summed E-state index contributed by atoms with van der Waals surface area (Å²) >= 11 is 3.21. The highest BCUT2D eigenvalue weighted by atomic mass is 79.9. The summed E-state index contributed by atoms with van der Waals surface area (Å²) in [6.07, 6.45) is 1.58. The molecule has 1 aliphatic heterocycles. The van der Waals surface area contributed by atoms with Crippen molar-refractivity contribution in [2.24, 2.45) is 0 Å². The quantitative estimate of drug-likeness (QED) is 0.715. The molecule has 7 heteroatoms. The van der Waals surface area contributed by atoms with Gasteiger partial charge in [-0.15, -0.1) is 0 Å². The summed E-state index contributed by atoms with van der Waals surface area (Å²) in [5.41, 5.74) is 0.465. The van der Waals surface area contributed by atoms with Crippen molar-refractivity contribution in [1.29, 1.82) is 0 Å². The van der Waals surface area contributed by atoms with Gasteiger partial charge in [0.2, 0.25) is 0 Å². The molecule has 0 saturated carbocycles. The first-order valence-electron chi connectivity index (χ1n) is 5.10. The highest BCUT2D eigenvalue weighted by Crippen LogP contribution is 2.16. The van der Waals surface area contributed by atoms with E-state index in [-0.39, 0.29) is 30.5 Å². The largest absolute Gasteiger partial charge is 0.337 e. The van der Waals surface area contributed by atoms with Gasteiger partial charge in [0, 0.05) is 19.3 Å². The molecule has 1 aromatic rings. The molecule has 0 atom stereocenters. The Morgan fingerprint density at radius 2 is 2.00 bits per heavy atom. The normalized spacial score (nSPS) is 19.0. The van der Waals surface area contributed by atoms with E-state index in [1.54, 1.807) is 23.2 Å². The molecule has 17 heavy (non-hydrogen) atoms. The van der Waals surface area contributed by atoms with Gasteiger partial charge in [0.05, 0.1) is 17.1 Å². The van der Waals surface area contributed by atoms with Gasteiger partial charge >= 0.3 is 0 Å². The van der Waals surface area contributed by atoms with Crippen molar-refractivity contribution in [3.63, 3.8) is 0 Å². The van der Waals surface area contributed by atoms with E-state index in [1.807, 2.05) is 0 Å². The first-order valence-corrected chi connectivity index (χ1v) is 7.71. The van der Waals surface area contributed by atoms with Gasteiger partial charge in [0.25, 0.3) is 5.91 Å². The monoisotopic (exact) mass is 318 g/mol. The predicted molar refractivity (Wildman–Crippen MR) is 66.5 cm³/mol. The van der Waals surface area contributed by atoms with E-state index in [0.717, 1.165) is 0 Å². The third kappa shape index (κ3) is 2.84. The average Bonchev–Trinajstić information content (AvgIpc) is 2.29. The maximum atomic E-state index is 12.1. The Hall–Kier alpha value is -0.950. The zero-order chi connectivity index (χ0) is 12.5. The number of hydrogen-bond acceptors (Lipinski definition) is 4. The summed E-state index contributed by atoms with van der Waals surface area (Å²) in [6.45, 7) is 0.505. The summed E-state index contributed by atoms with van der Waals surface area (Å²) in [4.78, 5) is 17.6. The zero-order valence-electron chi connectivity index (χ0n) is 8.97. The molecule has 2 heterocycles. The van der Waals surface area contributed by atoms with E-state index >= 15 is 0 Å². The van der Waals surface area contributed by atoms with Gasteiger partial charge in [-0.05, 0) is 28.1 Å². The number of aromatic nitrogens is 1. The third-order valence-electron chi connectivity index (χ3n) is 2.62. The van der Waals surface area contributed by atoms with Crippen molar-refractivity contribution in [2.45, 2.75) is 0 Å². The Kier molecular flexibility index (Phi) is 3.48. The van der Waals surface area contributed by atoms with Gasteiger partial charge in [-0.3, -0.25) is 4.79 Å². The van der Waals surface area contributed by atoms with Crippen LogP contribution in [0.25, 0.3) is 0 Å². The number of rotatable bonds is 1. The van der Waals surface area contributed by atoms with Gasteiger partial charge in [-0.25, -0.2) is 13.4 Å². The van der Waals surface area contributed by atoms with Gasteiger partial charge in [0.1, 0.15) is 4.60 Å². The Balaban J connectivity index is 2.15. The number of pyridine rings is 1. The van der Waals surface area contributed by atoms with Gasteiger partial charge in [0.15, 0.2) is 9.84 Å². The second kappa shape index (κ2) is 4.73. The number of sulfone groups is 1. The lowest BCUT2D eigenvalue weighted by atomic mass is 10.2. The minimum atomic E-state index is -2.96. The van der Waals surface area contributed by atoms with Crippen molar-refractivity contribution in [3.8, 4) is 0 Å². The molecule has 0 N–H and O–H groups in total. The van der Waals surface area contributed by atoms with Crippen molar-refractivity contribution >= 4 is 31.7 Å². The first-order chi connectivity index (χ1) is 7.99. The summed E-state index contributed by atoms with van der Waals surface area (Å²) in [6, 6.07) is 3.35. The third-order valence-corrected chi connectivity index (χ3v) is 4.86. The van der Waals surface area contributed by atoms with Crippen molar-refractivity contribution in [3.05, 3.63) is 28.5 Å². The van der Waals surface area contributed by atoms with Crippen molar-refractivity contribution < 1.29 is 13.2 Å². The van der Waals surface area contributed by atoms with Crippen molar-refractivity contribution in [1.82, 2.24) is 9.88 Å². The highest BCUT2D eigenvalue weighted by molar-refractivity contribution is 9.10. The standard InChI is InChI=1S/C10H11BrN2O3S/c11-9-8(2-1-3-12-9)10(14)13-4-6-17(15,16)7-5-13/h1-3H,4-7H2. The van der Waals surface area contributed by atoms with Crippen LogP contribution < -0.4 is 0 Å². The predicted octanol–water partition coefficient (Wildman–Crippen LogP) is 0.715. The highest BCUT2D eigenvalue weighted by Gasteiger charge is 2.26. The lowest BCUT2D eigenvalue weighted by Crippen LogP contribution is -2.43. The molecule has 1 aliphatic rings. The van der Waals surface area contributed by atoms with Crippen LogP contribution in [-0.4, -0.2) is 48.8 Å². The second-order valence-corrected chi connectivity index (χ2v) is 6.84. The molecular weight excluding hydrogens is 308 g/mol. The van der Waals surface area contributed by atoms with Gasteiger partial charge in [-0.1, -0.05) is 0 Å². The number of nitrogens with zero attached hydrogens (tertiary/aromatic N) is 2. The molecule has 92 valence electrons. The molecule has 0 bridgehead atoms. The number of halogens is 1. The molecule has 0 aliphatic carbocycles. The fraction of sp³-hybridized carbons (Fsp3) is 0.400. The average molecular weight is 319 g/mol. The van der Waals surface area contributed by atoms with E-state index in [2.05, 4.69) is 20.9 Å². The maximum absolute atomic E-state index is 12.1. The van der Waals surface area contributed by atoms with Gasteiger partial charge in [-0.2, -0.15) is 0 Å². The lowest BCUT2D eigenvalue weighted by molar-refractivity contribution is 0.0769. The Labute approximate surface area is 108 Å². The molecule has 1 aromatic heterocycles. The fourth-order valence-electron chi connectivity index (χ4n) is 1.63. The number of amides is 1.